The van der Waals surface area contributed by atoms with Gasteiger partial charge in [0.2, 0.25) is 0 Å². The van der Waals surface area contributed by atoms with Crippen molar-refractivity contribution in [2.24, 2.45) is 0 Å². The van der Waals surface area contributed by atoms with Crippen LogP contribution < -0.4 is 5.73 Å². The Labute approximate surface area is 109 Å². The van der Waals surface area contributed by atoms with Gasteiger partial charge in [0, 0.05) is 6.54 Å². The highest BCUT2D eigenvalue weighted by Gasteiger charge is 2.20. The third-order valence-electron chi connectivity index (χ3n) is 2.76. The second-order valence-corrected chi connectivity index (χ2v) is 3.98. The summed E-state index contributed by atoms with van der Waals surface area (Å²) in [6, 6.07) is 11.5. The number of nitrogens with zero attached hydrogens (tertiary/aromatic N) is 3. The van der Waals surface area contributed by atoms with E-state index in [1.54, 1.807) is 6.07 Å². The predicted molar refractivity (Wildman–Crippen MR) is 68.5 cm³/mol. The maximum atomic E-state index is 10.9. The molecule has 1 aromatic heterocycles. The molecule has 2 aromatic rings. The number of carbonyl (C=O) groups is 1. The lowest BCUT2D eigenvalue weighted by molar-refractivity contribution is 0.0689. The van der Waals surface area contributed by atoms with Gasteiger partial charge in [-0.05, 0) is 12.0 Å². The topological polar surface area (TPSA) is 105 Å². The molecule has 96 valence electrons. The minimum absolute atomic E-state index is 0.0828. The molecule has 0 atom stereocenters. The van der Waals surface area contributed by atoms with Gasteiger partial charge in [0.1, 0.15) is 17.5 Å². The largest absolute Gasteiger partial charge is 0.476 e. The highest BCUT2D eigenvalue weighted by molar-refractivity contribution is 5.90. The van der Waals surface area contributed by atoms with Crippen molar-refractivity contribution in [3.63, 3.8) is 0 Å². The van der Waals surface area contributed by atoms with E-state index in [2.05, 4.69) is 5.10 Å². The molecule has 6 nitrogen and oxygen atoms in total. The number of nitriles is 1. The lowest BCUT2D eigenvalue weighted by Crippen LogP contribution is -2.08. The zero-order valence-corrected chi connectivity index (χ0v) is 10.1. The number of carboxylic acid groups (broad SMARTS) is 1. The summed E-state index contributed by atoms with van der Waals surface area (Å²) in [6.45, 7) is 0.428. The molecule has 0 saturated heterocycles. The number of aromatic carboxylic acids is 1. The molecule has 6 heteroatoms. The van der Waals surface area contributed by atoms with E-state index in [1.165, 1.54) is 4.68 Å². The second kappa shape index (κ2) is 5.23. The van der Waals surface area contributed by atoms with Crippen molar-refractivity contribution in [1.82, 2.24) is 9.78 Å². The number of benzene rings is 1. The Bertz CT molecular complexity index is 641. The summed E-state index contributed by atoms with van der Waals surface area (Å²) in [5, 5.41) is 21.7. The second-order valence-electron chi connectivity index (χ2n) is 3.98. The van der Waals surface area contributed by atoms with Crippen molar-refractivity contribution in [2.45, 2.75) is 13.0 Å². The van der Waals surface area contributed by atoms with Crippen molar-refractivity contribution >= 4 is 11.8 Å². The molecule has 0 aliphatic heterocycles. The van der Waals surface area contributed by atoms with Crippen LogP contribution in [0.1, 0.15) is 21.6 Å². The van der Waals surface area contributed by atoms with Gasteiger partial charge in [-0.15, -0.1) is 0 Å². The van der Waals surface area contributed by atoms with Crippen LogP contribution >= 0.6 is 0 Å². The molecule has 2 rings (SSSR count). The lowest BCUT2D eigenvalue weighted by Gasteiger charge is -2.03. The van der Waals surface area contributed by atoms with Crippen LogP contribution in [0.3, 0.4) is 0 Å². The molecule has 0 aliphatic carbocycles. The fourth-order valence-electron chi connectivity index (χ4n) is 1.79. The Morgan fingerprint density at radius 3 is 2.63 bits per heavy atom. The lowest BCUT2D eigenvalue weighted by atomic mass is 10.1. The Hall–Kier alpha value is -2.81. The Morgan fingerprint density at radius 2 is 2.11 bits per heavy atom. The van der Waals surface area contributed by atoms with Gasteiger partial charge in [-0.3, -0.25) is 0 Å². The van der Waals surface area contributed by atoms with Crippen LogP contribution in [0.4, 0.5) is 5.82 Å². The van der Waals surface area contributed by atoms with Crippen LogP contribution in [0.2, 0.25) is 0 Å². The maximum Gasteiger partial charge on any atom is 0.357 e. The summed E-state index contributed by atoms with van der Waals surface area (Å²) < 4.78 is 1.36. The van der Waals surface area contributed by atoms with E-state index in [-0.39, 0.29) is 17.1 Å². The fraction of sp³-hybridized carbons (Fsp3) is 0.154. The van der Waals surface area contributed by atoms with Crippen molar-refractivity contribution in [2.75, 3.05) is 5.73 Å². The Kier molecular flexibility index (Phi) is 3.48. The number of aryl methyl sites for hydroxylation is 2. The summed E-state index contributed by atoms with van der Waals surface area (Å²) in [6.07, 6.45) is 0.663. The molecule has 0 unspecified atom stereocenters. The Morgan fingerprint density at radius 1 is 1.42 bits per heavy atom. The van der Waals surface area contributed by atoms with Crippen molar-refractivity contribution in [3.05, 3.63) is 47.2 Å². The fourth-order valence-corrected chi connectivity index (χ4v) is 1.79. The molecule has 0 fully saturated rings. The first-order valence-corrected chi connectivity index (χ1v) is 5.67. The zero-order chi connectivity index (χ0) is 13.8. The normalized spacial score (nSPS) is 10.1. The van der Waals surface area contributed by atoms with Gasteiger partial charge in [-0.2, -0.15) is 10.4 Å². The van der Waals surface area contributed by atoms with Crippen LogP contribution in [-0.4, -0.2) is 20.9 Å². The monoisotopic (exact) mass is 256 g/mol. The molecule has 0 amide bonds. The molecule has 0 saturated carbocycles. The number of hydrogen-bond acceptors (Lipinski definition) is 4. The van der Waals surface area contributed by atoms with Gasteiger partial charge in [-0.25, -0.2) is 9.48 Å². The molecule has 0 bridgehead atoms. The molecule has 3 N–H and O–H groups in total. The number of rotatable bonds is 4. The van der Waals surface area contributed by atoms with Crippen molar-refractivity contribution in [3.8, 4) is 6.07 Å². The number of hydrogen-bond donors (Lipinski definition) is 2. The van der Waals surface area contributed by atoms with Gasteiger partial charge in [-0.1, -0.05) is 30.3 Å². The summed E-state index contributed by atoms with van der Waals surface area (Å²) >= 11 is 0. The van der Waals surface area contributed by atoms with E-state index in [9.17, 15) is 4.79 Å². The zero-order valence-electron chi connectivity index (χ0n) is 10.1. The summed E-state index contributed by atoms with van der Waals surface area (Å²) in [5.74, 6) is -1.16. The van der Waals surface area contributed by atoms with Gasteiger partial charge in [0.15, 0.2) is 5.69 Å². The minimum Gasteiger partial charge on any atom is -0.476 e. The van der Waals surface area contributed by atoms with E-state index >= 15 is 0 Å². The number of carboxylic acids is 1. The maximum absolute atomic E-state index is 10.9. The van der Waals surface area contributed by atoms with Crippen molar-refractivity contribution in [1.29, 1.82) is 5.26 Å². The van der Waals surface area contributed by atoms with E-state index < -0.39 is 5.97 Å². The summed E-state index contributed by atoms with van der Waals surface area (Å²) in [7, 11) is 0. The van der Waals surface area contributed by atoms with Crippen LogP contribution in [0, 0.1) is 11.3 Å². The third kappa shape index (κ3) is 2.55. The van der Waals surface area contributed by atoms with Crippen molar-refractivity contribution < 1.29 is 9.90 Å². The van der Waals surface area contributed by atoms with Gasteiger partial charge < -0.3 is 10.8 Å². The molecule has 0 spiro atoms. The molecule has 0 aliphatic rings. The van der Waals surface area contributed by atoms with E-state index in [4.69, 9.17) is 16.1 Å². The highest BCUT2D eigenvalue weighted by Crippen LogP contribution is 2.16. The van der Waals surface area contributed by atoms with Crippen LogP contribution in [0.5, 0.6) is 0 Å². The first-order chi connectivity index (χ1) is 9.13. The standard InChI is InChI=1S/C13H12N4O2/c14-8-10-11(13(18)19)16-17(12(10)15)7-6-9-4-2-1-3-5-9/h1-5H,6-7,15H2,(H,18,19). The van der Waals surface area contributed by atoms with Crippen LogP contribution in [-0.2, 0) is 13.0 Å². The molecule has 19 heavy (non-hydrogen) atoms. The van der Waals surface area contributed by atoms with E-state index in [1.807, 2.05) is 30.3 Å². The number of aromatic nitrogens is 2. The average molecular weight is 256 g/mol. The molecule has 1 heterocycles. The summed E-state index contributed by atoms with van der Waals surface area (Å²) in [5.41, 5.74) is 6.44. The molecular weight excluding hydrogens is 244 g/mol. The molecule has 1 aromatic carbocycles. The summed E-state index contributed by atoms with van der Waals surface area (Å²) in [4.78, 5) is 10.9. The molecular formula is C13H12N4O2. The SMILES string of the molecule is N#Cc1c(C(=O)O)nn(CCc2ccccc2)c1N. The highest BCUT2D eigenvalue weighted by atomic mass is 16.4. The van der Waals surface area contributed by atoms with Gasteiger partial charge >= 0.3 is 5.97 Å². The van der Waals surface area contributed by atoms with Crippen LogP contribution in [0.15, 0.2) is 30.3 Å². The van der Waals surface area contributed by atoms with Gasteiger partial charge in [0.05, 0.1) is 0 Å². The predicted octanol–water partition coefficient (Wildman–Crippen LogP) is 1.28. The van der Waals surface area contributed by atoms with Gasteiger partial charge in [0.25, 0.3) is 0 Å². The number of anilines is 1. The third-order valence-corrected chi connectivity index (χ3v) is 2.76. The number of nitrogens with two attached hydrogens (primary N) is 1. The van der Waals surface area contributed by atoms with Crippen LogP contribution in [0.25, 0.3) is 0 Å². The quantitative estimate of drug-likeness (QED) is 0.857. The average Bonchev–Trinajstić information content (AvgIpc) is 2.74. The first kappa shape index (κ1) is 12.6. The number of nitrogen functional groups attached to an aromatic ring is 1. The molecule has 0 radical (unpaired) electrons. The smallest absolute Gasteiger partial charge is 0.357 e. The first-order valence-electron chi connectivity index (χ1n) is 5.67. The van der Waals surface area contributed by atoms with E-state index in [0.29, 0.717) is 13.0 Å². The van der Waals surface area contributed by atoms with E-state index in [0.717, 1.165) is 5.56 Å². The minimum atomic E-state index is -1.25. The Balaban J connectivity index is 2.22.